The van der Waals surface area contributed by atoms with Crippen LogP contribution in [0.1, 0.15) is 23.6 Å². The molecule has 2 heterocycles. The van der Waals surface area contributed by atoms with Crippen molar-refractivity contribution in [2.24, 2.45) is 0 Å². The summed E-state index contributed by atoms with van der Waals surface area (Å²) in [6.45, 7) is 2.38. The van der Waals surface area contributed by atoms with Crippen LogP contribution in [0.3, 0.4) is 0 Å². The standard InChI is InChI=1S/C60H40N2S/c1-60(47-20-9-4-10-21-47)53-26-13-11-22-49(53)50-33-32-43(37-54(50)60)45-34-44(39-16-5-2-6-17-39)35-46(36-45)56-38-55(61-59(62-56)42-18-7-3-8-19-42)41-30-28-40(29-31-41)48-24-15-25-52-51-23-12-14-27-57(51)63-58(48)52/h2-38H,1H3. The Hall–Kier alpha value is -7.72. The number of hydrogen-bond donors (Lipinski definition) is 0. The van der Waals surface area contributed by atoms with Gasteiger partial charge < -0.3 is 0 Å². The van der Waals surface area contributed by atoms with Crippen molar-refractivity contribution in [1.29, 1.82) is 0 Å². The van der Waals surface area contributed by atoms with E-state index in [9.17, 15) is 0 Å². The summed E-state index contributed by atoms with van der Waals surface area (Å²) >= 11 is 1.86. The summed E-state index contributed by atoms with van der Waals surface area (Å²) in [4.78, 5) is 10.6. The Kier molecular flexibility index (Phi) is 8.84. The smallest absolute Gasteiger partial charge is 0.160 e. The molecule has 12 rings (SSSR count). The molecule has 296 valence electrons. The van der Waals surface area contributed by atoms with Crippen molar-refractivity contribution in [3.05, 3.63) is 241 Å². The minimum absolute atomic E-state index is 0.296. The van der Waals surface area contributed by atoms with E-state index in [0.29, 0.717) is 5.82 Å². The van der Waals surface area contributed by atoms with Crippen molar-refractivity contribution < 1.29 is 0 Å². The van der Waals surface area contributed by atoms with Gasteiger partial charge in [-0.25, -0.2) is 9.97 Å². The summed E-state index contributed by atoms with van der Waals surface area (Å²) in [7, 11) is 0. The molecule has 11 aromatic rings. The summed E-state index contributed by atoms with van der Waals surface area (Å²) < 4.78 is 2.62. The fourth-order valence-corrected chi connectivity index (χ4v) is 11.0. The SMILES string of the molecule is CC1(c2ccccc2)c2ccccc2-c2ccc(-c3cc(-c4ccccc4)cc(-c4cc(-c5ccc(-c6cccc7c6sc6ccccc67)cc5)nc(-c5ccccc5)n4)c3)cc21. The molecule has 0 fully saturated rings. The number of aromatic nitrogens is 2. The molecule has 0 aliphatic heterocycles. The van der Waals surface area contributed by atoms with Crippen LogP contribution in [-0.2, 0) is 5.41 Å². The number of rotatable bonds is 7. The summed E-state index contributed by atoms with van der Waals surface area (Å²) in [5.41, 5.74) is 18.1. The van der Waals surface area contributed by atoms with Gasteiger partial charge in [0.2, 0.25) is 0 Å². The number of nitrogens with zero attached hydrogens (tertiary/aromatic N) is 2. The van der Waals surface area contributed by atoms with Crippen LogP contribution < -0.4 is 0 Å². The second-order valence-corrected chi connectivity index (χ2v) is 17.7. The molecule has 0 saturated heterocycles. The third kappa shape index (κ3) is 6.31. The molecule has 1 aliphatic rings. The van der Waals surface area contributed by atoms with Crippen molar-refractivity contribution >= 4 is 31.5 Å². The van der Waals surface area contributed by atoms with E-state index in [0.717, 1.165) is 44.8 Å². The van der Waals surface area contributed by atoms with Crippen LogP contribution in [0.5, 0.6) is 0 Å². The van der Waals surface area contributed by atoms with Crippen molar-refractivity contribution in [2.45, 2.75) is 12.3 Å². The molecule has 0 saturated carbocycles. The third-order valence-corrected chi connectivity index (χ3v) is 14.2. The van der Waals surface area contributed by atoms with Crippen LogP contribution in [-0.4, -0.2) is 9.97 Å². The van der Waals surface area contributed by atoms with Crippen LogP contribution in [0.25, 0.3) is 98.6 Å². The Morgan fingerprint density at radius 2 is 0.905 bits per heavy atom. The van der Waals surface area contributed by atoms with Crippen molar-refractivity contribution in [2.75, 3.05) is 0 Å². The molecule has 0 spiro atoms. The number of thiophene rings is 1. The number of fused-ring (bicyclic) bond motifs is 6. The van der Waals surface area contributed by atoms with Crippen molar-refractivity contribution in [3.63, 3.8) is 0 Å². The maximum Gasteiger partial charge on any atom is 0.160 e. The first kappa shape index (κ1) is 37.1. The zero-order valence-corrected chi connectivity index (χ0v) is 35.5. The minimum atomic E-state index is -0.296. The summed E-state index contributed by atoms with van der Waals surface area (Å²) in [6, 6.07) is 81.2. The summed E-state index contributed by atoms with van der Waals surface area (Å²) in [6.07, 6.45) is 0. The van der Waals surface area contributed by atoms with E-state index in [2.05, 4.69) is 225 Å². The van der Waals surface area contributed by atoms with Crippen LogP contribution in [0.15, 0.2) is 224 Å². The van der Waals surface area contributed by atoms with Gasteiger partial charge >= 0.3 is 0 Å². The van der Waals surface area contributed by atoms with Gasteiger partial charge in [0.25, 0.3) is 0 Å². The molecule has 0 amide bonds. The zero-order valence-electron chi connectivity index (χ0n) is 34.7. The normalized spacial score (nSPS) is 14.2. The van der Waals surface area contributed by atoms with E-state index in [-0.39, 0.29) is 5.41 Å². The summed E-state index contributed by atoms with van der Waals surface area (Å²) in [5, 5.41) is 2.61. The molecule has 0 N–H and O–H groups in total. The van der Waals surface area contributed by atoms with E-state index in [4.69, 9.17) is 9.97 Å². The van der Waals surface area contributed by atoms with Crippen molar-refractivity contribution in [1.82, 2.24) is 9.97 Å². The fraction of sp³-hybridized carbons (Fsp3) is 0.0333. The van der Waals surface area contributed by atoms with Gasteiger partial charge in [0.1, 0.15) is 0 Å². The molecular formula is C60H40N2S. The Labute approximate surface area is 371 Å². The van der Waals surface area contributed by atoms with E-state index in [1.165, 1.54) is 64.7 Å². The van der Waals surface area contributed by atoms with Crippen molar-refractivity contribution in [3.8, 4) is 78.4 Å². The highest BCUT2D eigenvalue weighted by Crippen LogP contribution is 2.53. The molecule has 1 atom stereocenters. The zero-order chi connectivity index (χ0) is 41.9. The highest BCUT2D eigenvalue weighted by atomic mass is 32.1. The lowest BCUT2D eigenvalue weighted by atomic mass is 9.74. The molecule has 0 bridgehead atoms. The molecule has 2 nitrogen and oxygen atoms in total. The average molecular weight is 821 g/mol. The van der Waals surface area contributed by atoms with E-state index in [1.54, 1.807) is 0 Å². The van der Waals surface area contributed by atoms with Gasteiger partial charge in [-0.05, 0) is 105 Å². The Morgan fingerprint density at radius 1 is 0.349 bits per heavy atom. The fourth-order valence-electron chi connectivity index (χ4n) is 9.75. The van der Waals surface area contributed by atoms with E-state index >= 15 is 0 Å². The number of benzene rings is 9. The van der Waals surface area contributed by atoms with Crippen LogP contribution in [0.2, 0.25) is 0 Å². The van der Waals surface area contributed by atoms with Crippen LogP contribution in [0.4, 0.5) is 0 Å². The van der Waals surface area contributed by atoms with Gasteiger partial charge in [0.05, 0.1) is 11.4 Å². The maximum atomic E-state index is 5.33. The molecule has 3 heteroatoms. The topological polar surface area (TPSA) is 25.8 Å². The lowest BCUT2D eigenvalue weighted by Gasteiger charge is -2.28. The molecule has 0 radical (unpaired) electrons. The molecule has 9 aromatic carbocycles. The van der Waals surface area contributed by atoms with Gasteiger partial charge in [0, 0.05) is 42.3 Å². The van der Waals surface area contributed by atoms with Gasteiger partial charge in [0.15, 0.2) is 5.82 Å². The predicted octanol–water partition coefficient (Wildman–Crippen LogP) is 16.2. The van der Waals surface area contributed by atoms with Gasteiger partial charge in [-0.15, -0.1) is 11.3 Å². The minimum Gasteiger partial charge on any atom is -0.228 e. The first-order valence-electron chi connectivity index (χ1n) is 21.6. The monoisotopic (exact) mass is 820 g/mol. The molecular weight excluding hydrogens is 781 g/mol. The third-order valence-electron chi connectivity index (χ3n) is 13.0. The van der Waals surface area contributed by atoms with Gasteiger partial charge in [-0.1, -0.05) is 188 Å². The largest absolute Gasteiger partial charge is 0.228 e. The van der Waals surface area contributed by atoms with Gasteiger partial charge in [-0.3, -0.25) is 0 Å². The molecule has 63 heavy (non-hydrogen) atoms. The Morgan fingerprint density at radius 3 is 1.68 bits per heavy atom. The highest BCUT2D eigenvalue weighted by Gasteiger charge is 2.40. The molecule has 1 aliphatic carbocycles. The highest BCUT2D eigenvalue weighted by molar-refractivity contribution is 7.26. The first-order valence-corrected chi connectivity index (χ1v) is 22.4. The Bertz CT molecular complexity index is 3500. The number of hydrogen-bond acceptors (Lipinski definition) is 3. The summed E-state index contributed by atoms with van der Waals surface area (Å²) in [5.74, 6) is 0.697. The van der Waals surface area contributed by atoms with E-state index < -0.39 is 0 Å². The van der Waals surface area contributed by atoms with Crippen LogP contribution >= 0.6 is 11.3 Å². The second kappa shape index (κ2) is 15.0. The quantitative estimate of drug-likeness (QED) is 0.160. The first-order chi connectivity index (χ1) is 31.1. The predicted molar refractivity (Wildman–Crippen MR) is 265 cm³/mol. The van der Waals surface area contributed by atoms with Gasteiger partial charge in [-0.2, -0.15) is 0 Å². The molecule has 2 aromatic heterocycles. The van der Waals surface area contributed by atoms with E-state index in [1.807, 2.05) is 17.4 Å². The lowest BCUT2D eigenvalue weighted by molar-refractivity contribution is 0.714. The van der Waals surface area contributed by atoms with Crippen LogP contribution in [0, 0.1) is 0 Å². The Balaban J connectivity index is 1.01. The lowest BCUT2D eigenvalue weighted by Crippen LogP contribution is -2.22. The molecule has 1 unspecified atom stereocenters. The second-order valence-electron chi connectivity index (χ2n) is 16.6. The maximum absolute atomic E-state index is 5.33. The average Bonchev–Trinajstić information content (AvgIpc) is 3.87.